The van der Waals surface area contributed by atoms with E-state index in [-0.39, 0.29) is 32.0 Å². The standard InChI is InChI=1S/C19H26FN5O3/c1-19(2,3)28-18(27)24(16-6-4-5-7-23-16)9-8-22-12-17(26)25-13-14(20)10-15(25)11-21/h4-7,14-15,22H,8-10,12-13H2,1-3H3/t14-,15-/m0/s1. The normalized spacial score (nSPS) is 19.2. The molecule has 1 aromatic rings. The van der Waals surface area contributed by atoms with E-state index in [9.17, 15) is 14.0 Å². The minimum atomic E-state index is -1.17. The second-order valence-electron chi connectivity index (χ2n) is 7.52. The van der Waals surface area contributed by atoms with Crippen molar-refractivity contribution in [2.45, 2.75) is 45.0 Å². The summed E-state index contributed by atoms with van der Waals surface area (Å²) >= 11 is 0. The third-order valence-electron chi connectivity index (χ3n) is 4.05. The van der Waals surface area contributed by atoms with Crippen molar-refractivity contribution in [1.82, 2.24) is 15.2 Å². The number of hydrogen-bond acceptors (Lipinski definition) is 6. The molecule has 0 unspecified atom stereocenters. The maximum Gasteiger partial charge on any atom is 0.416 e. The highest BCUT2D eigenvalue weighted by Gasteiger charge is 2.35. The lowest BCUT2D eigenvalue weighted by molar-refractivity contribution is -0.130. The van der Waals surface area contributed by atoms with Crippen LogP contribution >= 0.6 is 0 Å². The second-order valence-corrected chi connectivity index (χ2v) is 7.52. The van der Waals surface area contributed by atoms with Gasteiger partial charge in [0.1, 0.15) is 23.6 Å². The predicted octanol–water partition coefficient (Wildman–Crippen LogP) is 1.88. The Hall–Kier alpha value is -2.73. The van der Waals surface area contributed by atoms with E-state index < -0.39 is 23.9 Å². The first-order valence-corrected chi connectivity index (χ1v) is 9.16. The molecule has 2 amide bonds. The molecule has 2 atom stereocenters. The van der Waals surface area contributed by atoms with Gasteiger partial charge in [-0.3, -0.25) is 9.69 Å². The van der Waals surface area contributed by atoms with Gasteiger partial charge < -0.3 is 15.0 Å². The monoisotopic (exact) mass is 391 g/mol. The predicted molar refractivity (Wildman–Crippen MR) is 101 cm³/mol. The lowest BCUT2D eigenvalue weighted by atomic mass is 10.2. The van der Waals surface area contributed by atoms with Crippen LogP contribution in [0.15, 0.2) is 24.4 Å². The van der Waals surface area contributed by atoms with Crippen LogP contribution in [-0.4, -0.2) is 65.9 Å². The average molecular weight is 391 g/mol. The zero-order valence-corrected chi connectivity index (χ0v) is 16.4. The van der Waals surface area contributed by atoms with Crippen molar-refractivity contribution in [3.05, 3.63) is 24.4 Å². The van der Waals surface area contributed by atoms with Crippen LogP contribution in [-0.2, 0) is 9.53 Å². The third-order valence-corrected chi connectivity index (χ3v) is 4.05. The molecular formula is C19H26FN5O3. The van der Waals surface area contributed by atoms with Crippen molar-refractivity contribution < 1.29 is 18.7 Å². The van der Waals surface area contributed by atoms with Crippen LogP contribution in [0.5, 0.6) is 0 Å². The summed E-state index contributed by atoms with van der Waals surface area (Å²) in [7, 11) is 0. The number of carbonyl (C=O) groups excluding carboxylic acids is 2. The molecule has 0 saturated carbocycles. The number of nitrogens with one attached hydrogen (secondary N) is 1. The Bertz CT molecular complexity index is 717. The maximum atomic E-state index is 13.4. The van der Waals surface area contributed by atoms with Gasteiger partial charge in [0.2, 0.25) is 5.91 Å². The van der Waals surface area contributed by atoms with Crippen molar-refractivity contribution in [2.75, 3.05) is 31.1 Å². The summed E-state index contributed by atoms with van der Waals surface area (Å²) in [6, 6.07) is 6.43. The Labute approximate surface area is 164 Å². The van der Waals surface area contributed by atoms with E-state index in [0.29, 0.717) is 12.4 Å². The summed E-state index contributed by atoms with van der Waals surface area (Å²) in [5.41, 5.74) is -0.654. The SMILES string of the molecule is CC(C)(C)OC(=O)N(CCNCC(=O)N1C[C@@H](F)C[C@H]1C#N)c1ccccn1. The number of hydrogen-bond donors (Lipinski definition) is 1. The number of anilines is 1. The molecule has 0 aromatic carbocycles. The van der Waals surface area contributed by atoms with Gasteiger partial charge in [0.25, 0.3) is 0 Å². The van der Waals surface area contributed by atoms with E-state index >= 15 is 0 Å². The largest absolute Gasteiger partial charge is 0.443 e. The van der Waals surface area contributed by atoms with E-state index in [0.717, 1.165) is 0 Å². The minimum Gasteiger partial charge on any atom is -0.443 e. The highest BCUT2D eigenvalue weighted by atomic mass is 19.1. The highest BCUT2D eigenvalue weighted by molar-refractivity contribution is 5.86. The molecule has 1 N–H and O–H groups in total. The lowest BCUT2D eigenvalue weighted by Gasteiger charge is -2.27. The summed E-state index contributed by atoms with van der Waals surface area (Å²) in [6.45, 7) is 5.75. The topological polar surface area (TPSA) is 98.6 Å². The molecule has 0 spiro atoms. The third kappa shape index (κ3) is 6.16. The number of halogens is 1. The van der Waals surface area contributed by atoms with Gasteiger partial charge in [-0.25, -0.2) is 14.2 Å². The van der Waals surface area contributed by atoms with Gasteiger partial charge in [-0.1, -0.05) is 6.07 Å². The fourth-order valence-electron chi connectivity index (χ4n) is 2.80. The number of amides is 2. The molecule has 1 aliphatic heterocycles. The van der Waals surface area contributed by atoms with E-state index in [1.54, 1.807) is 45.2 Å². The van der Waals surface area contributed by atoms with E-state index in [4.69, 9.17) is 10.00 Å². The van der Waals surface area contributed by atoms with Gasteiger partial charge in [0, 0.05) is 25.7 Å². The quantitative estimate of drug-likeness (QED) is 0.744. The molecular weight excluding hydrogens is 365 g/mol. The molecule has 1 aromatic heterocycles. The number of rotatable bonds is 6. The fraction of sp³-hybridized carbons (Fsp3) is 0.579. The highest BCUT2D eigenvalue weighted by Crippen LogP contribution is 2.19. The van der Waals surface area contributed by atoms with Crippen LogP contribution in [0.2, 0.25) is 0 Å². The lowest BCUT2D eigenvalue weighted by Crippen LogP contribution is -2.44. The molecule has 1 aliphatic rings. The maximum absolute atomic E-state index is 13.4. The van der Waals surface area contributed by atoms with E-state index in [1.807, 2.05) is 6.07 Å². The minimum absolute atomic E-state index is 0.0464. The average Bonchev–Trinajstić information content (AvgIpc) is 3.01. The Balaban J connectivity index is 1.90. The number of ether oxygens (including phenoxy) is 1. The molecule has 28 heavy (non-hydrogen) atoms. The fourth-order valence-corrected chi connectivity index (χ4v) is 2.80. The van der Waals surface area contributed by atoms with Gasteiger partial charge >= 0.3 is 6.09 Å². The summed E-state index contributed by atoms with van der Waals surface area (Å²) < 4.78 is 18.9. The van der Waals surface area contributed by atoms with Crippen LogP contribution in [0.1, 0.15) is 27.2 Å². The second kappa shape index (κ2) is 9.46. The zero-order chi connectivity index (χ0) is 20.7. The van der Waals surface area contributed by atoms with Gasteiger partial charge in [-0.05, 0) is 32.9 Å². The summed E-state index contributed by atoms with van der Waals surface area (Å²) in [5, 5.41) is 12.0. The molecule has 0 radical (unpaired) electrons. The Morgan fingerprint density at radius 1 is 1.46 bits per heavy atom. The molecule has 9 heteroatoms. The first-order chi connectivity index (χ1) is 13.2. The number of carbonyl (C=O) groups is 2. The molecule has 1 saturated heterocycles. The number of alkyl halides is 1. The number of aromatic nitrogens is 1. The van der Waals surface area contributed by atoms with Crippen LogP contribution in [0.4, 0.5) is 15.0 Å². The van der Waals surface area contributed by atoms with Crippen molar-refractivity contribution in [3.63, 3.8) is 0 Å². The first-order valence-electron chi connectivity index (χ1n) is 9.16. The van der Waals surface area contributed by atoms with Crippen LogP contribution in [0.3, 0.4) is 0 Å². The van der Waals surface area contributed by atoms with Crippen molar-refractivity contribution in [2.24, 2.45) is 0 Å². The van der Waals surface area contributed by atoms with E-state index in [1.165, 1.54) is 9.80 Å². The van der Waals surface area contributed by atoms with Gasteiger partial charge in [0.15, 0.2) is 0 Å². The molecule has 8 nitrogen and oxygen atoms in total. The molecule has 2 rings (SSSR count). The molecule has 2 heterocycles. The van der Waals surface area contributed by atoms with Crippen molar-refractivity contribution in [1.29, 1.82) is 5.26 Å². The molecule has 152 valence electrons. The smallest absolute Gasteiger partial charge is 0.416 e. The van der Waals surface area contributed by atoms with E-state index in [2.05, 4.69) is 10.3 Å². The zero-order valence-electron chi connectivity index (χ0n) is 16.4. The number of nitrogens with zero attached hydrogens (tertiary/aromatic N) is 4. The van der Waals surface area contributed by atoms with Crippen molar-refractivity contribution in [3.8, 4) is 6.07 Å². The molecule has 0 aliphatic carbocycles. The Morgan fingerprint density at radius 3 is 2.82 bits per heavy atom. The summed E-state index contributed by atoms with van der Waals surface area (Å²) in [5.74, 6) is 0.0996. The van der Waals surface area contributed by atoms with Crippen LogP contribution < -0.4 is 10.2 Å². The van der Waals surface area contributed by atoms with Gasteiger partial charge in [-0.15, -0.1) is 0 Å². The van der Waals surface area contributed by atoms with Gasteiger partial charge in [0.05, 0.1) is 19.2 Å². The molecule has 0 bridgehead atoms. The van der Waals surface area contributed by atoms with Crippen LogP contribution in [0, 0.1) is 11.3 Å². The number of nitriles is 1. The number of likely N-dealkylation sites (tertiary alicyclic amines) is 1. The number of pyridine rings is 1. The Kier molecular flexibility index (Phi) is 7.29. The summed E-state index contributed by atoms with van der Waals surface area (Å²) in [4.78, 5) is 31.5. The summed E-state index contributed by atoms with van der Waals surface area (Å²) in [6.07, 6.45) is -0.0788. The van der Waals surface area contributed by atoms with Crippen LogP contribution in [0.25, 0.3) is 0 Å². The van der Waals surface area contributed by atoms with Gasteiger partial charge in [-0.2, -0.15) is 5.26 Å². The Morgan fingerprint density at radius 2 is 2.21 bits per heavy atom. The first kappa shape index (κ1) is 21.6. The van der Waals surface area contributed by atoms with Crippen molar-refractivity contribution >= 4 is 17.8 Å². The molecule has 1 fully saturated rings.